The number of hydrogen-bond acceptors (Lipinski definition) is 7. The Labute approximate surface area is 125 Å². The van der Waals surface area contributed by atoms with Crippen LogP contribution < -0.4 is 5.32 Å². The predicted molar refractivity (Wildman–Crippen MR) is 79.3 cm³/mol. The standard InChI is InChI=1S/C11H18N4O3S2/c1-3-5-19-11-13-10(20-14-11)12-8(16)6-15(4-2)7-9(17)18/h3-7H2,1-2H3,(H,17,18)(H,12,13,14,16). The molecule has 20 heavy (non-hydrogen) atoms. The lowest BCUT2D eigenvalue weighted by molar-refractivity contribution is -0.138. The highest BCUT2D eigenvalue weighted by atomic mass is 32.2. The molecular weight excluding hydrogens is 300 g/mol. The van der Waals surface area contributed by atoms with Crippen molar-refractivity contribution in [1.29, 1.82) is 0 Å². The fourth-order valence-corrected chi connectivity index (χ4v) is 2.76. The number of aliphatic carboxylic acids is 1. The molecular formula is C11H18N4O3S2. The number of nitrogens with zero attached hydrogens (tertiary/aromatic N) is 3. The number of thioether (sulfide) groups is 1. The number of hydrogen-bond donors (Lipinski definition) is 2. The van der Waals surface area contributed by atoms with Crippen molar-refractivity contribution in [3.05, 3.63) is 0 Å². The zero-order valence-corrected chi connectivity index (χ0v) is 13.1. The molecule has 0 saturated carbocycles. The maximum absolute atomic E-state index is 11.8. The number of carbonyl (C=O) groups excluding carboxylic acids is 1. The second kappa shape index (κ2) is 8.88. The number of carbonyl (C=O) groups is 2. The van der Waals surface area contributed by atoms with Crippen LogP contribution in [0, 0.1) is 0 Å². The summed E-state index contributed by atoms with van der Waals surface area (Å²) in [5.41, 5.74) is 0. The monoisotopic (exact) mass is 318 g/mol. The Morgan fingerprint density at radius 3 is 2.75 bits per heavy atom. The summed E-state index contributed by atoms with van der Waals surface area (Å²) >= 11 is 2.67. The van der Waals surface area contributed by atoms with Crippen molar-refractivity contribution in [2.45, 2.75) is 25.4 Å². The molecule has 7 nitrogen and oxygen atoms in total. The van der Waals surface area contributed by atoms with Crippen molar-refractivity contribution >= 4 is 40.3 Å². The van der Waals surface area contributed by atoms with Gasteiger partial charge in [-0.25, -0.2) is 0 Å². The highest BCUT2D eigenvalue weighted by Crippen LogP contribution is 2.20. The molecule has 0 bridgehead atoms. The van der Waals surface area contributed by atoms with E-state index in [2.05, 4.69) is 21.6 Å². The van der Waals surface area contributed by atoms with Crippen molar-refractivity contribution in [2.75, 3.05) is 30.7 Å². The summed E-state index contributed by atoms with van der Waals surface area (Å²) in [6.07, 6.45) is 1.03. The second-order valence-corrected chi connectivity index (χ2v) is 5.79. The van der Waals surface area contributed by atoms with Gasteiger partial charge < -0.3 is 5.11 Å². The van der Waals surface area contributed by atoms with Gasteiger partial charge in [-0.15, -0.1) is 0 Å². The van der Waals surface area contributed by atoms with Crippen molar-refractivity contribution < 1.29 is 14.7 Å². The molecule has 0 spiro atoms. The molecule has 1 aromatic heterocycles. The Hall–Kier alpha value is -1.19. The number of amides is 1. The van der Waals surface area contributed by atoms with Gasteiger partial charge in [-0.2, -0.15) is 9.36 Å². The summed E-state index contributed by atoms with van der Waals surface area (Å²) < 4.78 is 4.13. The Morgan fingerprint density at radius 2 is 2.15 bits per heavy atom. The van der Waals surface area contributed by atoms with Crippen LogP contribution in [0.3, 0.4) is 0 Å². The summed E-state index contributed by atoms with van der Waals surface area (Å²) in [5.74, 6) is -0.295. The molecule has 0 saturated heterocycles. The summed E-state index contributed by atoms with van der Waals surface area (Å²) in [5, 5.41) is 12.4. The molecule has 0 aromatic carbocycles. The number of likely N-dealkylation sites (N-methyl/N-ethyl adjacent to an activating group) is 1. The number of carboxylic acids is 1. The van der Waals surface area contributed by atoms with Crippen molar-refractivity contribution in [2.24, 2.45) is 0 Å². The van der Waals surface area contributed by atoms with E-state index < -0.39 is 5.97 Å². The molecule has 0 atom stereocenters. The number of aromatic nitrogens is 2. The lowest BCUT2D eigenvalue weighted by Crippen LogP contribution is -2.36. The first-order chi connectivity index (χ1) is 9.55. The minimum absolute atomic E-state index is 0.0276. The maximum Gasteiger partial charge on any atom is 0.317 e. The van der Waals surface area contributed by atoms with Crippen LogP contribution in [-0.4, -0.2) is 56.6 Å². The van der Waals surface area contributed by atoms with E-state index in [0.717, 1.165) is 23.7 Å². The largest absolute Gasteiger partial charge is 0.480 e. The summed E-state index contributed by atoms with van der Waals surface area (Å²) in [4.78, 5) is 28.1. The Bertz CT molecular complexity index is 453. The minimum atomic E-state index is -0.950. The number of anilines is 1. The van der Waals surface area contributed by atoms with E-state index in [9.17, 15) is 9.59 Å². The van der Waals surface area contributed by atoms with E-state index >= 15 is 0 Å². The Balaban J connectivity index is 2.44. The number of nitrogens with one attached hydrogen (secondary N) is 1. The quantitative estimate of drug-likeness (QED) is 0.664. The van der Waals surface area contributed by atoms with Crippen LogP contribution in [0.4, 0.5) is 5.13 Å². The van der Waals surface area contributed by atoms with Gasteiger partial charge in [-0.1, -0.05) is 25.6 Å². The van der Waals surface area contributed by atoms with Gasteiger partial charge in [-0.3, -0.25) is 19.8 Å². The smallest absolute Gasteiger partial charge is 0.317 e. The zero-order valence-electron chi connectivity index (χ0n) is 11.5. The van der Waals surface area contributed by atoms with Gasteiger partial charge in [0.2, 0.25) is 16.2 Å². The number of carboxylic acid groups (broad SMARTS) is 1. The fraction of sp³-hybridized carbons (Fsp3) is 0.636. The van der Waals surface area contributed by atoms with Gasteiger partial charge in [0.15, 0.2) is 0 Å². The molecule has 0 unspecified atom stereocenters. The summed E-state index contributed by atoms with van der Waals surface area (Å²) in [7, 11) is 0. The van der Waals surface area contributed by atoms with E-state index in [4.69, 9.17) is 5.11 Å². The van der Waals surface area contributed by atoms with Gasteiger partial charge in [0.1, 0.15) is 0 Å². The van der Waals surface area contributed by atoms with Crippen LogP contribution in [0.1, 0.15) is 20.3 Å². The molecule has 112 valence electrons. The van der Waals surface area contributed by atoms with Crippen LogP contribution in [0.25, 0.3) is 0 Å². The molecule has 0 fully saturated rings. The van der Waals surface area contributed by atoms with E-state index in [0.29, 0.717) is 16.8 Å². The fourth-order valence-electron chi connectivity index (χ4n) is 1.35. The topological polar surface area (TPSA) is 95.4 Å². The van der Waals surface area contributed by atoms with Crippen LogP contribution in [0.5, 0.6) is 0 Å². The SMILES string of the molecule is CCCSc1nsc(NC(=O)CN(CC)CC(=O)O)n1. The van der Waals surface area contributed by atoms with E-state index in [1.807, 2.05) is 0 Å². The third-order valence-electron chi connectivity index (χ3n) is 2.26. The number of rotatable bonds is 9. The first-order valence-corrected chi connectivity index (χ1v) is 8.01. The first kappa shape index (κ1) is 16.9. The third kappa shape index (κ3) is 6.31. The maximum atomic E-state index is 11.8. The molecule has 0 radical (unpaired) electrons. The zero-order chi connectivity index (χ0) is 15.0. The molecule has 0 aliphatic carbocycles. The molecule has 0 aliphatic heterocycles. The summed E-state index contributed by atoms with van der Waals surface area (Å²) in [6, 6.07) is 0. The van der Waals surface area contributed by atoms with Gasteiger partial charge >= 0.3 is 5.97 Å². The lowest BCUT2D eigenvalue weighted by atomic mass is 10.4. The van der Waals surface area contributed by atoms with E-state index in [-0.39, 0.29) is 19.0 Å². The van der Waals surface area contributed by atoms with Crippen molar-refractivity contribution in [1.82, 2.24) is 14.3 Å². The van der Waals surface area contributed by atoms with Crippen molar-refractivity contribution in [3.63, 3.8) is 0 Å². The van der Waals surface area contributed by atoms with Gasteiger partial charge in [0.05, 0.1) is 13.1 Å². The average Bonchev–Trinajstić information content (AvgIpc) is 2.82. The van der Waals surface area contributed by atoms with Crippen molar-refractivity contribution in [3.8, 4) is 0 Å². The highest BCUT2D eigenvalue weighted by Gasteiger charge is 2.14. The third-order valence-corrected chi connectivity index (χ3v) is 4.06. The first-order valence-electron chi connectivity index (χ1n) is 6.25. The molecule has 0 aliphatic rings. The minimum Gasteiger partial charge on any atom is -0.480 e. The highest BCUT2D eigenvalue weighted by molar-refractivity contribution is 7.99. The predicted octanol–water partition coefficient (Wildman–Crippen LogP) is 1.39. The lowest BCUT2D eigenvalue weighted by Gasteiger charge is -2.16. The second-order valence-electron chi connectivity index (χ2n) is 3.98. The average molecular weight is 318 g/mol. The molecule has 9 heteroatoms. The Kier molecular flexibility index (Phi) is 7.48. The normalized spacial score (nSPS) is 10.8. The Morgan fingerprint density at radius 1 is 1.40 bits per heavy atom. The molecule has 1 amide bonds. The van der Waals surface area contributed by atoms with Crippen LogP contribution >= 0.6 is 23.3 Å². The van der Waals surface area contributed by atoms with E-state index in [1.165, 1.54) is 4.90 Å². The molecule has 1 aromatic rings. The molecule has 2 N–H and O–H groups in total. The summed E-state index contributed by atoms with van der Waals surface area (Å²) in [6.45, 7) is 4.25. The molecule has 1 heterocycles. The van der Waals surface area contributed by atoms with Gasteiger partial charge in [-0.05, 0) is 13.0 Å². The van der Waals surface area contributed by atoms with Crippen LogP contribution in [0.15, 0.2) is 5.16 Å². The van der Waals surface area contributed by atoms with Gasteiger partial charge in [0, 0.05) is 17.3 Å². The van der Waals surface area contributed by atoms with Crippen LogP contribution in [0.2, 0.25) is 0 Å². The van der Waals surface area contributed by atoms with E-state index in [1.54, 1.807) is 18.7 Å². The molecule has 1 rings (SSSR count). The van der Waals surface area contributed by atoms with Crippen LogP contribution in [-0.2, 0) is 9.59 Å². The van der Waals surface area contributed by atoms with Gasteiger partial charge in [0.25, 0.3) is 0 Å².